The molecule has 1 aromatic carbocycles. The van der Waals surface area contributed by atoms with E-state index in [-0.39, 0.29) is 38.0 Å². The highest BCUT2D eigenvalue weighted by Crippen LogP contribution is 2.41. The summed E-state index contributed by atoms with van der Waals surface area (Å²) in [4.78, 5) is 22.2. The lowest BCUT2D eigenvalue weighted by molar-refractivity contribution is -0.317. The number of hydrogen-bond acceptors (Lipinski definition) is 16. The number of methoxy groups -OCH3 is 1. The van der Waals surface area contributed by atoms with E-state index in [0.29, 0.717) is 31.6 Å². The lowest BCUT2D eigenvalue weighted by Crippen LogP contribution is -2.61. The van der Waals surface area contributed by atoms with Crippen molar-refractivity contribution in [3.63, 3.8) is 0 Å². The first-order valence-corrected chi connectivity index (χ1v) is 22.9. The van der Waals surface area contributed by atoms with Crippen molar-refractivity contribution in [3.8, 4) is 5.75 Å². The highest BCUT2D eigenvalue weighted by Gasteiger charge is 2.53. The SMILES string of the molecule is CC[C@H]1OC(=O)[C@H](C)[C@@H](O[C@H]2C[C@@](C)(OC)[C@@H](O)[C@H](C)O2)[C@H](C)[C@@H](O[C@@H]2O[C@H](C)C[C@H](N(C)C)[C@H]2O)[C@@](C)(O)C[C@@H](C)/C(=N/OCCCCOc2ccccc2)[C@H](C)[C@@H](O)[C@]1(C)O. The predicted octanol–water partition coefficient (Wildman–Crippen LogP) is 4.45. The van der Waals surface area contributed by atoms with Gasteiger partial charge in [0, 0.05) is 37.3 Å². The number of nitrogens with zero attached hydrogens (tertiary/aromatic N) is 2. The number of aliphatic hydroxyl groups is 5. The number of hydrogen-bond donors (Lipinski definition) is 5. The minimum atomic E-state index is -1.95. The average Bonchev–Trinajstić information content (AvgIpc) is 3.23. The highest BCUT2D eigenvalue weighted by atomic mass is 16.7. The predicted molar refractivity (Wildman–Crippen MR) is 236 cm³/mol. The van der Waals surface area contributed by atoms with Gasteiger partial charge in [-0.05, 0) is 99.9 Å². The van der Waals surface area contributed by atoms with Crippen molar-refractivity contribution in [2.75, 3.05) is 34.4 Å². The molecule has 0 aliphatic carbocycles. The molecule has 3 aliphatic heterocycles. The zero-order valence-corrected chi connectivity index (χ0v) is 40.0. The van der Waals surface area contributed by atoms with Crippen LogP contribution in [0.2, 0.25) is 0 Å². The van der Waals surface area contributed by atoms with Gasteiger partial charge in [-0.25, -0.2) is 0 Å². The Morgan fingerprint density at radius 1 is 0.873 bits per heavy atom. The van der Waals surface area contributed by atoms with Crippen LogP contribution in [-0.4, -0.2) is 161 Å². The summed E-state index contributed by atoms with van der Waals surface area (Å²) in [5, 5.41) is 64.2. The van der Waals surface area contributed by atoms with Gasteiger partial charge in [-0.15, -0.1) is 0 Å². The molecule has 0 radical (unpaired) electrons. The standard InChI is InChI=1S/C47H80N2O14/c1-14-35-47(10,55)40(51)29(4)37(48-58-23-19-18-22-57-33-20-16-15-17-21-33)27(2)25-45(8,54)42(63-44-38(50)34(49(11)12)24-28(3)59-44)30(5)39(31(6)43(53)61-35)62-36-26-46(9,56-13)41(52)32(7)60-36/h15-17,20-21,27-32,34-36,38-42,44,50-52,54-55H,14,18-19,22-26H2,1-13H3/b48-37-/t27-,28-,29+,30+,31-,32+,34+,35-,36+,38-,39+,40-,41+,42-,44+,45+,46-,47-/m1/s1. The third-order valence-corrected chi connectivity index (χ3v) is 13.7. The molecule has 5 N–H and O–H groups in total. The fourth-order valence-electron chi connectivity index (χ4n) is 9.69. The normalized spacial score (nSPS) is 43.0. The summed E-state index contributed by atoms with van der Waals surface area (Å²) in [6.07, 6.45) is -8.06. The molecule has 63 heavy (non-hydrogen) atoms. The van der Waals surface area contributed by atoms with E-state index in [1.807, 2.05) is 63.2 Å². The van der Waals surface area contributed by atoms with E-state index in [1.54, 1.807) is 48.5 Å². The Balaban J connectivity index is 1.77. The zero-order valence-electron chi connectivity index (χ0n) is 40.0. The summed E-state index contributed by atoms with van der Waals surface area (Å²) < 4.78 is 43.7. The van der Waals surface area contributed by atoms with Crippen LogP contribution in [-0.2, 0) is 38.1 Å². The maximum absolute atomic E-state index is 14.4. The van der Waals surface area contributed by atoms with Crippen LogP contribution >= 0.6 is 0 Å². The molecule has 362 valence electrons. The Morgan fingerprint density at radius 2 is 1.52 bits per heavy atom. The van der Waals surface area contributed by atoms with Crippen molar-refractivity contribution in [2.45, 2.75) is 192 Å². The van der Waals surface area contributed by atoms with Crippen molar-refractivity contribution >= 4 is 11.7 Å². The number of unbranched alkanes of at least 4 members (excludes halogenated alkanes) is 1. The van der Waals surface area contributed by atoms with Gasteiger partial charge in [0.2, 0.25) is 0 Å². The van der Waals surface area contributed by atoms with Gasteiger partial charge in [-0.1, -0.05) is 51.0 Å². The smallest absolute Gasteiger partial charge is 0.311 e. The maximum Gasteiger partial charge on any atom is 0.311 e. The zero-order chi connectivity index (χ0) is 47.0. The molecule has 0 amide bonds. The van der Waals surface area contributed by atoms with Crippen molar-refractivity contribution < 1.29 is 68.3 Å². The van der Waals surface area contributed by atoms with Crippen LogP contribution in [0.15, 0.2) is 35.5 Å². The van der Waals surface area contributed by atoms with Crippen LogP contribution in [0.25, 0.3) is 0 Å². The van der Waals surface area contributed by atoms with E-state index in [2.05, 4.69) is 5.16 Å². The molecule has 0 bridgehead atoms. The number of oxime groups is 1. The fraction of sp³-hybridized carbons (Fsp3) is 0.830. The van der Waals surface area contributed by atoms with Gasteiger partial charge in [-0.2, -0.15) is 0 Å². The number of aliphatic hydroxyl groups excluding tert-OH is 3. The van der Waals surface area contributed by atoms with E-state index in [0.717, 1.165) is 5.75 Å². The molecule has 0 saturated carbocycles. The number of carbonyl (C=O) groups is 1. The molecule has 3 heterocycles. The van der Waals surface area contributed by atoms with Crippen molar-refractivity contribution in [3.05, 3.63) is 30.3 Å². The van der Waals surface area contributed by atoms with Crippen LogP contribution in [0.4, 0.5) is 0 Å². The van der Waals surface area contributed by atoms with Crippen molar-refractivity contribution in [2.24, 2.45) is 28.8 Å². The highest BCUT2D eigenvalue weighted by molar-refractivity contribution is 5.88. The summed E-state index contributed by atoms with van der Waals surface area (Å²) in [6.45, 7) is 17.9. The van der Waals surface area contributed by atoms with E-state index < -0.39 is 102 Å². The third kappa shape index (κ3) is 13.1. The Bertz CT molecular complexity index is 1580. The van der Waals surface area contributed by atoms with Crippen LogP contribution < -0.4 is 4.74 Å². The van der Waals surface area contributed by atoms with Crippen LogP contribution in [0.3, 0.4) is 0 Å². The summed E-state index contributed by atoms with van der Waals surface area (Å²) >= 11 is 0. The summed E-state index contributed by atoms with van der Waals surface area (Å²) in [5.41, 5.74) is -4.40. The molecular weight excluding hydrogens is 817 g/mol. The van der Waals surface area contributed by atoms with Crippen molar-refractivity contribution in [1.82, 2.24) is 4.90 Å². The molecule has 3 aliphatic rings. The van der Waals surface area contributed by atoms with Crippen molar-refractivity contribution in [1.29, 1.82) is 0 Å². The summed E-state index contributed by atoms with van der Waals surface area (Å²) in [5.74, 6) is -3.27. The fourth-order valence-corrected chi connectivity index (χ4v) is 9.69. The molecule has 3 fully saturated rings. The molecular formula is C47H80N2O14. The number of para-hydroxylation sites is 1. The first kappa shape index (κ1) is 53.1. The monoisotopic (exact) mass is 897 g/mol. The quantitative estimate of drug-likeness (QED) is 0.0994. The Kier molecular flexibility index (Phi) is 19.2. The average molecular weight is 897 g/mol. The summed E-state index contributed by atoms with van der Waals surface area (Å²) in [7, 11) is 5.24. The Morgan fingerprint density at radius 3 is 2.14 bits per heavy atom. The third-order valence-electron chi connectivity index (χ3n) is 13.7. The second kappa shape index (κ2) is 22.8. The second-order valence-electron chi connectivity index (χ2n) is 19.3. The van der Waals surface area contributed by atoms with Crippen LogP contribution in [0.5, 0.6) is 5.75 Å². The molecule has 0 aromatic heterocycles. The Labute approximate surface area is 375 Å². The lowest BCUT2D eigenvalue weighted by Gasteiger charge is -2.49. The molecule has 3 saturated heterocycles. The molecule has 0 unspecified atom stereocenters. The molecule has 4 rings (SSSR count). The molecule has 0 spiro atoms. The van der Waals surface area contributed by atoms with E-state index in [4.69, 9.17) is 38.0 Å². The van der Waals surface area contributed by atoms with E-state index >= 15 is 0 Å². The van der Waals surface area contributed by atoms with Gasteiger partial charge in [-0.3, -0.25) is 4.79 Å². The number of benzene rings is 1. The molecule has 1 aromatic rings. The van der Waals surface area contributed by atoms with Gasteiger partial charge < -0.3 is 68.4 Å². The molecule has 16 heteroatoms. The number of carbonyl (C=O) groups excluding carboxylic acids is 1. The van der Waals surface area contributed by atoms with E-state index in [1.165, 1.54) is 14.0 Å². The number of likely N-dealkylation sites (N-methyl/N-ethyl adjacent to an activating group) is 1. The second-order valence-corrected chi connectivity index (χ2v) is 19.3. The van der Waals surface area contributed by atoms with Crippen LogP contribution in [0.1, 0.15) is 108 Å². The summed E-state index contributed by atoms with van der Waals surface area (Å²) in [6, 6.07) is 9.20. The first-order valence-electron chi connectivity index (χ1n) is 22.9. The number of rotatable bonds is 14. The Hall–Kier alpha value is -2.48. The number of cyclic esters (lactones) is 1. The number of ether oxygens (including phenoxy) is 7. The van der Waals surface area contributed by atoms with Gasteiger partial charge in [0.25, 0.3) is 0 Å². The maximum atomic E-state index is 14.4. The minimum Gasteiger partial charge on any atom is -0.494 e. The topological polar surface area (TPSA) is 208 Å². The first-order chi connectivity index (χ1) is 29.5. The van der Waals surface area contributed by atoms with Gasteiger partial charge in [0.05, 0.1) is 60.0 Å². The van der Waals surface area contributed by atoms with E-state index in [9.17, 15) is 30.3 Å². The van der Waals surface area contributed by atoms with Gasteiger partial charge in [0.15, 0.2) is 12.6 Å². The van der Waals surface area contributed by atoms with Gasteiger partial charge >= 0.3 is 5.97 Å². The van der Waals surface area contributed by atoms with Gasteiger partial charge in [0.1, 0.15) is 36.3 Å². The van der Waals surface area contributed by atoms with Crippen LogP contribution in [0, 0.1) is 23.7 Å². The minimum absolute atomic E-state index is 0.00253. The molecule has 16 nitrogen and oxygen atoms in total. The largest absolute Gasteiger partial charge is 0.494 e. The molecule has 18 atom stereocenters. The number of esters is 1. The lowest BCUT2D eigenvalue weighted by atomic mass is 9.73.